The van der Waals surface area contributed by atoms with Crippen LogP contribution < -0.4 is 0 Å². The van der Waals surface area contributed by atoms with Crippen LogP contribution in [0.4, 0.5) is 0 Å². The Morgan fingerprint density at radius 1 is 0.933 bits per heavy atom. The Hall–Kier alpha value is -1.60. The second-order valence-electron chi connectivity index (χ2n) is 3.47. The first kappa shape index (κ1) is 8.69. The Balaban J connectivity index is 2.22. The summed E-state index contributed by atoms with van der Waals surface area (Å²) in [5, 5.41) is 6.68. The maximum absolute atomic E-state index is 3.44. The summed E-state index contributed by atoms with van der Waals surface area (Å²) in [4.78, 5) is 0. The lowest BCUT2D eigenvalue weighted by Gasteiger charge is -2.00. The summed E-state index contributed by atoms with van der Waals surface area (Å²) in [5.74, 6) is 0. The third-order valence-electron chi connectivity index (χ3n) is 2.49. The first-order chi connectivity index (χ1) is 7.43. The predicted octanol–water partition coefficient (Wildman–Crippen LogP) is 4.37. The van der Waals surface area contributed by atoms with Gasteiger partial charge < -0.3 is 0 Å². The highest BCUT2D eigenvalue weighted by Gasteiger charge is 1.99. The highest BCUT2D eigenvalue weighted by atomic mass is 32.1. The van der Waals surface area contributed by atoms with E-state index in [9.17, 15) is 0 Å². The maximum atomic E-state index is 3.44. The molecule has 0 atom stereocenters. The highest BCUT2D eigenvalue weighted by molar-refractivity contribution is 7.08. The van der Waals surface area contributed by atoms with E-state index in [1.807, 2.05) is 0 Å². The van der Waals surface area contributed by atoms with E-state index in [1.165, 1.54) is 21.9 Å². The van der Waals surface area contributed by atoms with E-state index < -0.39 is 0 Å². The Morgan fingerprint density at radius 3 is 2.73 bits per heavy atom. The van der Waals surface area contributed by atoms with Gasteiger partial charge in [0.25, 0.3) is 0 Å². The number of rotatable bonds is 1. The second kappa shape index (κ2) is 3.52. The summed E-state index contributed by atoms with van der Waals surface area (Å²) in [5.41, 5.74) is 2.43. The summed E-state index contributed by atoms with van der Waals surface area (Å²) >= 11 is 1.72. The number of benzene rings is 2. The Bertz CT molecular complexity index is 579. The summed E-state index contributed by atoms with van der Waals surface area (Å²) in [6.45, 7) is 0. The molecule has 0 unspecified atom stereocenters. The molecule has 0 bridgehead atoms. The molecule has 1 aromatic heterocycles. The average Bonchev–Trinajstić information content (AvgIpc) is 2.82. The quantitative estimate of drug-likeness (QED) is 0.558. The van der Waals surface area contributed by atoms with Gasteiger partial charge in [0.05, 0.1) is 0 Å². The normalized spacial score (nSPS) is 10.7. The minimum atomic E-state index is 1.18. The monoisotopic (exact) mass is 209 g/mol. The van der Waals surface area contributed by atoms with E-state index in [4.69, 9.17) is 0 Å². The van der Waals surface area contributed by atoms with Crippen LogP contribution in [0.15, 0.2) is 53.2 Å². The molecular formula is C14H9S. The van der Waals surface area contributed by atoms with Gasteiger partial charge in [-0.05, 0) is 44.8 Å². The maximum Gasteiger partial charge on any atom is -0.00140 e. The van der Waals surface area contributed by atoms with Crippen LogP contribution in [0.2, 0.25) is 0 Å². The smallest absolute Gasteiger partial charge is 0.00140 e. The van der Waals surface area contributed by atoms with E-state index in [-0.39, 0.29) is 0 Å². The van der Waals surface area contributed by atoms with Crippen LogP contribution in [0.25, 0.3) is 21.9 Å². The molecule has 0 aliphatic carbocycles. The van der Waals surface area contributed by atoms with Crippen LogP contribution >= 0.6 is 11.3 Å². The Labute approximate surface area is 92.8 Å². The van der Waals surface area contributed by atoms with Gasteiger partial charge in [0.1, 0.15) is 0 Å². The molecule has 0 aliphatic rings. The molecule has 3 aromatic rings. The SMILES string of the molecule is [c]1c(-c2ccsc2)ccc2ccccc12. The number of hydrogen-bond donors (Lipinski definition) is 0. The molecule has 0 nitrogen and oxygen atoms in total. The number of fused-ring (bicyclic) bond motifs is 1. The Kier molecular flexibility index (Phi) is 2.04. The van der Waals surface area contributed by atoms with Crippen molar-refractivity contribution in [3.05, 3.63) is 59.3 Å². The lowest BCUT2D eigenvalue weighted by Crippen LogP contribution is -1.76. The van der Waals surface area contributed by atoms with Crippen molar-refractivity contribution >= 4 is 22.1 Å². The third kappa shape index (κ3) is 1.55. The molecule has 0 spiro atoms. The summed E-state index contributed by atoms with van der Waals surface area (Å²) in [6.07, 6.45) is 0. The van der Waals surface area contributed by atoms with Gasteiger partial charge in [-0.15, -0.1) is 0 Å². The lowest BCUT2D eigenvalue weighted by molar-refractivity contribution is 1.70. The fraction of sp³-hybridized carbons (Fsp3) is 0. The minimum Gasteiger partial charge on any atom is -0.152 e. The van der Waals surface area contributed by atoms with Crippen LogP contribution in [-0.2, 0) is 0 Å². The zero-order valence-corrected chi connectivity index (χ0v) is 8.92. The van der Waals surface area contributed by atoms with E-state index >= 15 is 0 Å². The van der Waals surface area contributed by atoms with E-state index in [2.05, 4.69) is 59.3 Å². The van der Waals surface area contributed by atoms with Crippen molar-refractivity contribution in [1.29, 1.82) is 0 Å². The van der Waals surface area contributed by atoms with Gasteiger partial charge in [-0.25, -0.2) is 0 Å². The summed E-state index contributed by atoms with van der Waals surface area (Å²) in [7, 11) is 0. The van der Waals surface area contributed by atoms with Gasteiger partial charge in [0.15, 0.2) is 0 Å². The van der Waals surface area contributed by atoms with Gasteiger partial charge in [-0.2, -0.15) is 11.3 Å². The molecule has 15 heavy (non-hydrogen) atoms. The minimum absolute atomic E-state index is 1.18. The van der Waals surface area contributed by atoms with Gasteiger partial charge in [0, 0.05) is 0 Å². The first-order valence-electron chi connectivity index (χ1n) is 4.87. The molecule has 71 valence electrons. The standard InChI is InChI=1S/C14H9S/c1-2-4-12-9-13(6-5-11(12)3-1)14-7-8-15-10-14/h1-8,10H. The number of hydrogen-bond acceptors (Lipinski definition) is 1. The predicted molar refractivity (Wildman–Crippen MR) is 66.1 cm³/mol. The van der Waals surface area contributed by atoms with Crippen LogP contribution in [0, 0.1) is 6.07 Å². The fourth-order valence-electron chi connectivity index (χ4n) is 1.70. The third-order valence-corrected chi connectivity index (χ3v) is 3.18. The van der Waals surface area contributed by atoms with E-state index in [0.29, 0.717) is 0 Å². The fourth-order valence-corrected chi connectivity index (χ4v) is 2.36. The zero-order valence-electron chi connectivity index (χ0n) is 8.10. The van der Waals surface area contributed by atoms with E-state index in [0.717, 1.165) is 0 Å². The molecule has 1 heterocycles. The lowest BCUT2D eigenvalue weighted by atomic mass is 10.0. The topological polar surface area (TPSA) is 0 Å². The second-order valence-corrected chi connectivity index (χ2v) is 4.25. The molecule has 0 N–H and O–H groups in total. The average molecular weight is 209 g/mol. The molecule has 1 heteroatoms. The van der Waals surface area contributed by atoms with Gasteiger partial charge in [-0.3, -0.25) is 0 Å². The Morgan fingerprint density at radius 2 is 1.87 bits per heavy atom. The van der Waals surface area contributed by atoms with Gasteiger partial charge in [-0.1, -0.05) is 36.4 Å². The van der Waals surface area contributed by atoms with Gasteiger partial charge in [0.2, 0.25) is 0 Å². The molecule has 1 radical (unpaired) electrons. The molecule has 0 aliphatic heterocycles. The van der Waals surface area contributed by atoms with Crippen molar-refractivity contribution in [3.8, 4) is 11.1 Å². The number of thiophene rings is 1. The van der Waals surface area contributed by atoms with Crippen LogP contribution in [0.5, 0.6) is 0 Å². The van der Waals surface area contributed by atoms with Crippen molar-refractivity contribution in [2.45, 2.75) is 0 Å². The molecule has 0 fully saturated rings. The molecular weight excluding hydrogens is 200 g/mol. The molecule has 3 rings (SSSR count). The van der Waals surface area contributed by atoms with Crippen LogP contribution in [-0.4, -0.2) is 0 Å². The molecule has 0 amide bonds. The largest absolute Gasteiger partial charge is 0.152 e. The molecule has 2 aromatic carbocycles. The summed E-state index contributed by atoms with van der Waals surface area (Å²) in [6, 6.07) is 18.2. The first-order valence-corrected chi connectivity index (χ1v) is 5.81. The molecule has 0 saturated heterocycles. The van der Waals surface area contributed by atoms with Crippen molar-refractivity contribution in [2.24, 2.45) is 0 Å². The van der Waals surface area contributed by atoms with Crippen molar-refractivity contribution in [1.82, 2.24) is 0 Å². The zero-order chi connectivity index (χ0) is 10.1. The van der Waals surface area contributed by atoms with Crippen LogP contribution in [0.1, 0.15) is 0 Å². The van der Waals surface area contributed by atoms with Crippen LogP contribution in [0.3, 0.4) is 0 Å². The molecule has 0 saturated carbocycles. The van der Waals surface area contributed by atoms with E-state index in [1.54, 1.807) is 11.3 Å². The van der Waals surface area contributed by atoms with Crippen molar-refractivity contribution in [3.63, 3.8) is 0 Å². The highest BCUT2D eigenvalue weighted by Crippen LogP contribution is 2.25. The van der Waals surface area contributed by atoms with Crippen molar-refractivity contribution < 1.29 is 0 Å². The van der Waals surface area contributed by atoms with Crippen molar-refractivity contribution in [2.75, 3.05) is 0 Å². The summed E-state index contributed by atoms with van der Waals surface area (Å²) < 4.78 is 0. The van der Waals surface area contributed by atoms with Gasteiger partial charge >= 0.3 is 0 Å².